The summed E-state index contributed by atoms with van der Waals surface area (Å²) in [6.07, 6.45) is 3.21. The Labute approximate surface area is 201 Å². The molecule has 1 atom stereocenters. The fourth-order valence-electron chi connectivity index (χ4n) is 3.19. The first kappa shape index (κ1) is 25.2. The van der Waals surface area contributed by atoms with Crippen LogP contribution in [0.5, 0.6) is 11.6 Å². The van der Waals surface area contributed by atoms with Crippen molar-refractivity contribution in [2.45, 2.75) is 51.5 Å². The number of sulfonamides is 1. The Balaban J connectivity index is 1.61. The summed E-state index contributed by atoms with van der Waals surface area (Å²) in [5.41, 5.74) is 1.98. The lowest BCUT2D eigenvalue weighted by Crippen LogP contribution is -2.31. The minimum absolute atomic E-state index is 0.0867. The van der Waals surface area contributed by atoms with E-state index in [-0.39, 0.29) is 16.8 Å². The molecule has 2 aromatic carbocycles. The molecule has 0 saturated heterocycles. The summed E-state index contributed by atoms with van der Waals surface area (Å²) in [5.74, 6) is 1.14. The number of benzene rings is 2. The van der Waals surface area contributed by atoms with Crippen LogP contribution in [0.15, 0.2) is 71.8 Å². The number of anilines is 1. The molecule has 7 nitrogen and oxygen atoms in total. The van der Waals surface area contributed by atoms with Crippen molar-refractivity contribution in [2.75, 3.05) is 4.72 Å². The Morgan fingerprint density at radius 1 is 0.971 bits per heavy atom. The number of carbonyl (C=O) groups excluding carboxylic acids is 1. The van der Waals surface area contributed by atoms with Gasteiger partial charge in [-0.15, -0.1) is 0 Å². The Bertz CT molecular complexity index is 1190. The van der Waals surface area contributed by atoms with Crippen molar-refractivity contribution in [3.63, 3.8) is 0 Å². The molecule has 1 aromatic heterocycles. The highest BCUT2D eigenvalue weighted by Crippen LogP contribution is 2.23. The van der Waals surface area contributed by atoms with Crippen molar-refractivity contribution in [2.24, 2.45) is 5.92 Å². The van der Waals surface area contributed by atoms with Gasteiger partial charge in [0.05, 0.1) is 10.5 Å². The normalized spacial score (nSPS) is 12.3. The highest BCUT2D eigenvalue weighted by Gasteiger charge is 2.15. The minimum Gasteiger partial charge on any atom is -0.439 e. The third kappa shape index (κ3) is 7.05. The molecule has 34 heavy (non-hydrogen) atoms. The molecule has 0 spiro atoms. The number of ether oxygens (including phenoxy) is 1. The largest absolute Gasteiger partial charge is 0.439 e. The highest BCUT2D eigenvalue weighted by molar-refractivity contribution is 7.92. The van der Waals surface area contributed by atoms with Crippen molar-refractivity contribution in [3.05, 3.63) is 78.0 Å². The number of hydrogen-bond acceptors (Lipinski definition) is 5. The standard InChI is InChI=1S/C26H31N3O4S/c1-5-19(4)28-26(30)21-8-15-25(27-17-21)33-23-11-9-22(10-12-23)29-34(31,32)24-13-6-20(7-14-24)16-18(2)3/h6-15,17-19,29H,5,16H2,1-4H3,(H,28,30)/t19-/m1/s1. The van der Waals surface area contributed by atoms with Gasteiger partial charge in [0.25, 0.3) is 15.9 Å². The van der Waals surface area contributed by atoms with E-state index >= 15 is 0 Å². The minimum atomic E-state index is -3.70. The molecule has 0 aliphatic heterocycles. The smallest absolute Gasteiger partial charge is 0.261 e. The quantitative estimate of drug-likeness (QED) is 0.404. The summed E-state index contributed by atoms with van der Waals surface area (Å²) in [7, 11) is -3.70. The van der Waals surface area contributed by atoms with Gasteiger partial charge in [-0.3, -0.25) is 9.52 Å². The zero-order chi connectivity index (χ0) is 24.7. The molecule has 0 aliphatic carbocycles. The van der Waals surface area contributed by atoms with Gasteiger partial charge in [-0.05, 0) is 73.7 Å². The maximum atomic E-state index is 12.7. The fraction of sp³-hybridized carbons (Fsp3) is 0.308. The molecular weight excluding hydrogens is 450 g/mol. The van der Waals surface area contributed by atoms with Gasteiger partial charge in [-0.2, -0.15) is 0 Å². The number of hydrogen-bond donors (Lipinski definition) is 2. The Morgan fingerprint density at radius 2 is 1.65 bits per heavy atom. The van der Waals surface area contributed by atoms with Gasteiger partial charge < -0.3 is 10.1 Å². The molecule has 0 saturated carbocycles. The molecule has 8 heteroatoms. The summed E-state index contributed by atoms with van der Waals surface area (Å²) in [6.45, 7) is 8.19. The van der Waals surface area contributed by atoms with E-state index in [0.29, 0.717) is 28.8 Å². The van der Waals surface area contributed by atoms with Crippen LogP contribution in [-0.2, 0) is 16.4 Å². The van der Waals surface area contributed by atoms with Crippen LogP contribution in [0.4, 0.5) is 5.69 Å². The van der Waals surface area contributed by atoms with Crippen molar-refractivity contribution in [1.82, 2.24) is 10.3 Å². The molecule has 3 rings (SSSR count). The molecule has 0 aliphatic rings. The zero-order valence-corrected chi connectivity index (χ0v) is 20.7. The zero-order valence-electron chi connectivity index (χ0n) is 19.9. The van der Waals surface area contributed by atoms with E-state index < -0.39 is 10.0 Å². The average Bonchev–Trinajstić information content (AvgIpc) is 2.80. The van der Waals surface area contributed by atoms with E-state index in [9.17, 15) is 13.2 Å². The van der Waals surface area contributed by atoms with Crippen LogP contribution in [0.1, 0.15) is 50.0 Å². The van der Waals surface area contributed by atoms with E-state index in [4.69, 9.17) is 4.74 Å². The molecule has 1 amide bonds. The van der Waals surface area contributed by atoms with Crippen LogP contribution < -0.4 is 14.8 Å². The van der Waals surface area contributed by atoms with Crippen molar-refractivity contribution >= 4 is 21.6 Å². The predicted octanol–water partition coefficient (Wildman–Crippen LogP) is 5.40. The Morgan fingerprint density at radius 3 is 2.21 bits per heavy atom. The molecule has 0 unspecified atom stereocenters. The van der Waals surface area contributed by atoms with Gasteiger partial charge in [0.1, 0.15) is 5.75 Å². The van der Waals surface area contributed by atoms with E-state index in [2.05, 4.69) is 28.9 Å². The van der Waals surface area contributed by atoms with Crippen molar-refractivity contribution in [1.29, 1.82) is 0 Å². The molecule has 1 heterocycles. The van der Waals surface area contributed by atoms with E-state index in [0.717, 1.165) is 18.4 Å². The Hall–Kier alpha value is -3.39. The number of pyridine rings is 1. The second-order valence-corrected chi connectivity index (χ2v) is 10.3. The average molecular weight is 482 g/mol. The molecular formula is C26H31N3O4S. The number of rotatable bonds is 10. The van der Waals surface area contributed by atoms with Crippen molar-refractivity contribution < 1.29 is 17.9 Å². The monoisotopic (exact) mass is 481 g/mol. The molecule has 0 fully saturated rings. The second-order valence-electron chi connectivity index (χ2n) is 8.64. The SMILES string of the molecule is CC[C@@H](C)NC(=O)c1ccc(Oc2ccc(NS(=O)(=O)c3ccc(CC(C)C)cc3)cc2)nc1. The summed E-state index contributed by atoms with van der Waals surface area (Å²) >= 11 is 0. The third-order valence-corrected chi connectivity index (χ3v) is 6.59. The predicted molar refractivity (Wildman–Crippen MR) is 134 cm³/mol. The van der Waals surface area contributed by atoms with Gasteiger partial charge in [0, 0.05) is 24.0 Å². The van der Waals surface area contributed by atoms with Crippen LogP contribution in [0.2, 0.25) is 0 Å². The van der Waals surface area contributed by atoms with Crippen LogP contribution in [-0.4, -0.2) is 25.4 Å². The number of carbonyl (C=O) groups is 1. The fourth-order valence-corrected chi connectivity index (χ4v) is 4.24. The van der Waals surface area contributed by atoms with Crippen LogP contribution in [0, 0.1) is 5.92 Å². The number of aromatic nitrogens is 1. The van der Waals surface area contributed by atoms with Crippen LogP contribution in [0.3, 0.4) is 0 Å². The third-order valence-electron chi connectivity index (χ3n) is 5.19. The van der Waals surface area contributed by atoms with E-state index in [1.165, 1.54) is 6.20 Å². The summed E-state index contributed by atoms with van der Waals surface area (Å²) in [5, 5.41) is 2.89. The molecule has 3 aromatic rings. The first-order chi connectivity index (χ1) is 16.2. The molecule has 2 N–H and O–H groups in total. The van der Waals surface area contributed by atoms with Gasteiger partial charge in [-0.25, -0.2) is 13.4 Å². The first-order valence-electron chi connectivity index (χ1n) is 11.3. The lowest BCUT2D eigenvalue weighted by molar-refractivity contribution is 0.0939. The van der Waals surface area contributed by atoms with Crippen molar-refractivity contribution in [3.8, 4) is 11.6 Å². The second kappa shape index (κ2) is 11.2. The molecule has 0 bridgehead atoms. The topological polar surface area (TPSA) is 97.4 Å². The van der Waals surface area contributed by atoms with E-state index in [1.807, 2.05) is 26.0 Å². The lowest BCUT2D eigenvalue weighted by atomic mass is 10.0. The lowest BCUT2D eigenvalue weighted by Gasteiger charge is -2.12. The molecule has 180 valence electrons. The van der Waals surface area contributed by atoms with Gasteiger partial charge in [-0.1, -0.05) is 32.9 Å². The number of amides is 1. The summed E-state index contributed by atoms with van der Waals surface area (Å²) in [4.78, 5) is 16.5. The first-order valence-corrected chi connectivity index (χ1v) is 12.8. The van der Waals surface area contributed by atoms with Crippen LogP contribution in [0.25, 0.3) is 0 Å². The van der Waals surface area contributed by atoms with E-state index in [1.54, 1.807) is 48.5 Å². The van der Waals surface area contributed by atoms with Gasteiger partial charge >= 0.3 is 0 Å². The maximum absolute atomic E-state index is 12.7. The van der Waals surface area contributed by atoms with Gasteiger partial charge in [0.2, 0.25) is 5.88 Å². The maximum Gasteiger partial charge on any atom is 0.261 e. The number of nitrogens with one attached hydrogen (secondary N) is 2. The van der Waals surface area contributed by atoms with Crippen LogP contribution >= 0.6 is 0 Å². The molecule has 0 radical (unpaired) electrons. The Kier molecular flexibility index (Phi) is 8.28. The summed E-state index contributed by atoms with van der Waals surface area (Å²) < 4.78 is 33.7. The van der Waals surface area contributed by atoms with Gasteiger partial charge in [0.15, 0.2) is 0 Å². The number of nitrogens with zero attached hydrogens (tertiary/aromatic N) is 1. The summed E-state index contributed by atoms with van der Waals surface area (Å²) in [6, 6.07) is 16.8. The highest BCUT2D eigenvalue weighted by atomic mass is 32.2.